The van der Waals surface area contributed by atoms with Crippen molar-refractivity contribution < 1.29 is 14.3 Å². The summed E-state index contributed by atoms with van der Waals surface area (Å²) in [4.78, 5) is 23.6. The number of hydrogen-bond acceptors (Lipinski definition) is 3. The van der Waals surface area contributed by atoms with E-state index in [0.29, 0.717) is 31.8 Å². The van der Waals surface area contributed by atoms with Crippen LogP contribution in [0, 0.1) is 0 Å². The van der Waals surface area contributed by atoms with Gasteiger partial charge in [-0.1, -0.05) is 32.0 Å². The van der Waals surface area contributed by atoms with Gasteiger partial charge in [-0.25, -0.2) is 0 Å². The van der Waals surface area contributed by atoms with Crippen LogP contribution in [0.2, 0.25) is 0 Å². The van der Waals surface area contributed by atoms with Gasteiger partial charge in [0.25, 0.3) is 0 Å². The third-order valence-corrected chi connectivity index (χ3v) is 4.65. The van der Waals surface area contributed by atoms with Crippen molar-refractivity contribution >= 4 is 23.2 Å². The van der Waals surface area contributed by atoms with Crippen LogP contribution in [0.4, 0.5) is 11.4 Å². The normalized spacial score (nSPS) is 13.1. The van der Waals surface area contributed by atoms with E-state index in [0.717, 1.165) is 34.7 Å². The molecule has 0 atom stereocenters. The number of ether oxygens (including phenoxy) is 1. The molecule has 0 aromatic heterocycles. The average Bonchev–Trinajstić information content (AvgIpc) is 2.65. The highest BCUT2D eigenvalue weighted by molar-refractivity contribution is 5.94. The monoisotopic (exact) mass is 366 g/mol. The van der Waals surface area contributed by atoms with Gasteiger partial charge < -0.3 is 15.4 Å². The van der Waals surface area contributed by atoms with E-state index in [1.165, 1.54) is 0 Å². The summed E-state index contributed by atoms with van der Waals surface area (Å²) in [5.41, 5.74) is 3.98. The molecule has 3 rings (SSSR count). The van der Waals surface area contributed by atoms with Crippen LogP contribution in [-0.2, 0) is 16.0 Å². The summed E-state index contributed by atoms with van der Waals surface area (Å²) in [5, 5.41) is 5.86. The van der Waals surface area contributed by atoms with E-state index in [1.807, 2.05) is 42.5 Å². The Bertz CT molecular complexity index is 830. The number of fused-ring (bicyclic) bond motifs is 1. The molecule has 142 valence electrons. The molecule has 1 aliphatic rings. The second-order valence-corrected chi connectivity index (χ2v) is 7.11. The van der Waals surface area contributed by atoms with Crippen LogP contribution in [-0.4, -0.2) is 18.4 Å². The lowest BCUT2D eigenvalue weighted by molar-refractivity contribution is -0.117. The lowest BCUT2D eigenvalue weighted by Crippen LogP contribution is -2.18. The number of carbonyl (C=O) groups is 2. The van der Waals surface area contributed by atoms with Gasteiger partial charge in [0, 0.05) is 24.2 Å². The van der Waals surface area contributed by atoms with Gasteiger partial charge in [-0.05, 0) is 54.2 Å². The van der Waals surface area contributed by atoms with Gasteiger partial charge in [-0.15, -0.1) is 0 Å². The Morgan fingerprint density at radius 1 is 1.19 bits per heavy atom. The molecule has 2 aromatic rings. The maximum absolute atomic E-state index is 12.2. The summed E-state index contributed by atoms with van der Waals surface area (Å²) in [6.45, 7) is 4.70. The first-order valence-corrected chi connectivity index (χ1v) is 9.47. The number of benzene rings is 2. The Labute approximate surface area is 160 Å². The summed E-state index contributed by atoms with van der Waals surface area (Å²) in [7, 11) is 0. The SMILES string of the molecule is CC(C)c1ccccc1NC(=O)CCCOc1ccc2c(c1)CCC(=O)N2. The molecule has 0 saturated heterocycles. The van der Waals surface area contributed by atoms with E-state index in [1.54, 1.807) is 0 Å². The van der Waals surface area contributed by atoms with Gasteiger partial charge in [0.2, 0.25) is 11.8 Å². The Morgan fingerprint density at radius 3 is 2.81 bits per heavy atom. The Hall–Kier alpha value is -2.82. The molecule has 27 heavy (non-hydrogen) atoms. The number of para-hydroxylation sites is 1. The van der Waals surface area contributed by atoms with Crippen molar-refractivity contribution in [2.45, 2.75) is 45.4 Å². The van der Waals surface area contributed by atoms with Crippen LogP contribution < -0.4 is 15.4 Å². The summed E-state index contributed by atoms with van der Waals surface area (Å²) in [6.07, 6.45) is 2.29. The molecule has 0 fully saturated rings. The van der Waals surface area contributed by atoms with Gasteiger partial charge in [0.15, 0.2) is 0 Å². The van der Waals surface area contributed by atoms with Crippen molar-refractivity contribution in [3.05, 3.63) is 53.6 Å². The third-order valence-electron chi connectivity index (χ3n) is 4.65. The van der Waals surface area contributed by atoms with Gasteiger partial charge in [-0.3, -0.25) is 9.59 Å². The molecule has 0 unspecified atom stereocenters. The zero-order valence-corrected chi connectivity index (χ0v) is 15.9. The Morgan fingerprint density at radius 2 is 2.00 bits per heavy atom. The highest BCUT2D eigenvalue weighted by Crippen LogP contribution is 2.27. The average molecular weight is 366 g/mol. The van der Waals surface area contributed by atoms with Crippen molar-refractivity contribution in [2.24, 2.45) is 0 Å². The number of amides is 2. The molecule has 0 bridgehead atoms. The molecule has 5 heteroatoms. The fourth-order valence-electron chi connectivity index (χ4n) is 3.20. The smallest absolute Gasteiger partial charge is 0.224 e. The quantitative estimate of drug-likeness (QED) is 0.709. The molecule has 2 aromatic carbocycles. The number of aryl methyl sites for hydroxylation is 1. The van der Waals surface area contributed by atoms with Gasteiger partial charge >= 0.3 is 0 Å². The fraction of sp³-hybridized carbons (Fsp3) is 0.364. The van der Waals surface area contributed by atoms with E-state index in [9.17, 15) is 9.59 Å². The maximum Gasteiger partial charge on any atom is 0.224 e. The van der Waals surface area contributed by atoms with E-state index in [2.05, 4.69) is 24.5 Å². The highest BCUT2D eigenvalue weighted by atomic mass is 16.5. The predicted molar refractivity (Wildman–Crippen MR) is 107 cm³/mol. The van der Waals surface area contributed by atoms with Crippen LogP contribution in [0.15, 0.2) is 42.5 Å². The zero-order chi connectivity index (χ0) is 19.2. The standard InChI is InChI=1S/C22H26N2O3/c1-15(2)18-6-3-4-7-20(18)24-21(25)8-5-13-27-17-10-11-19-16(14-17)9-12-22(26)23-19/h3-4,6-7,10-11,14-15H,5,8-9,12-13H2,1-2H3,(H,23,26)(H,24,25). The topological polar surface area (TPSA) is 67.4 Å². The van der Waals surface area contributed by atoms with Crippen LogP contribution in [0.5, 0.6) is 5.75 Å². The maximum atomic E-state index is 12.2. The lowest BCUT2D eigenvalue weighted by Gasteiger charge is -2.17. The third kappa shape index (κ3) is 5.09. The first kappa shape index (κ1) is 19.0. The lowest BCUT2D eigenvalue weighted by atomic mass is 10.0. The van der Waals surface area contributed by atoms with E-state index in [-0.39, 0.29) is 11.8 Å². The van der Waals surface area contributed by atoms with Gasteiger partial charge in [-0.2, -0.15) is 0 Å². The van der Waals surface area contributed by atoms with E-state index >= 15 is 0 Å². The molecular formula is C22H26N2O3. The Balaban J connectivity index is 1.45. The van der Waals surface area contributed by atoms with Crippen LogP contribution in [0.1, 0.15) is 50.2 Å². The molecule has 2 amide bonds. The Kier molecular flexibility index (Phi) is 6.12. The molecule has 1 heterocycles. The van der Waals surface area contributed by atoms with Gasteiger partial charge in [0.05, 0.1) is 6.61 Å². The summed E-state index contributed by atoms with van der Waals surface area (Å²) in [5.74, 6) is 1.19. The molecule has 0 aliphatic carbocycles. The van der Waals surface area contributed by atoms with E-state index in [4.69, 9.17) is 4.74 Å². The van der Waals surface area contributed by atoms with Crippen molar-refractivity contribution in [2.75, 3.05) is 17.2 Å². The van der Waals surface area contributed by atoms with Crippen molar-refractivity contribution in [3.8, 4) is 5.75 Å². The first-order valence-electron chi connectivity index (χ1n) is 9.47. The minimum Gasteiger partial charge on any atom is -0.494 e. The number of anilines is 2. The van der Waals surface area contributed by atoms with Crippen LogP contribution in [0.25, 0.3) is 0 Å². The number of carbonyl (C=O) groups excluding carboxylic acids is 2. The molecule has 0 spiro atoms. The van der Waals surface area contributed by atoms with Crippen molar-refractivity contribution in [3.63, 3.8) is 0 Å². The largest absolute Gasteiger partial charge is 0.494 e. The second kappa shape index (κ2) is 8.71. The zero-order valence-electron chi connectivity index (χ0n) is 15.9. The number of rotatable bonds is 7. The second-order valence-electron chi connectivity index (χ2n) is 7.11. The predicted octanol–water partition coefficient (Wildman–Crippen LogP) is 4.49. The van der Waals surface area contributed by atoms with Crippen molar-refractivity contribution in [1.82, 2.24) is 0 Å². The van der Waals surface area contributed by atoms with E-state index < -0.39 is 0 Å². The molecule has 5 nitrogen and oxygen atoms in total. The molecular weight excluding hydrogens is 340 g/mol. The number of nitrogens with one attached hydrogen (secondary N) is 2. The molecule has 1 aliphatic heterocycles. The number of hydrogen-bond donors (Lipinski definition) is 2. The summed E-state index contributed by atoms with van der Waals surface area (Å²) < 4.78 is 5.77. The fourth-order valence-corrected chi connectivity index (χ4v) is 3.20. The first-order chi connectivity index (χ1) is 13.0. The highest BCUT2D eigenvalue weighted by Gasteiger charge is 2.15. The molecule has 0 saturated carbocycles. The molecule has 0 radical (unpaired) electrons. The van der Waals surface area contributed by atoms with Crippen molar-refractivity contribution in [1.29, 1.82) is 0 Å². The van der Waals surface area contributed by atoms with Crippen LogP contribution in [0.3, 0.4) is 0 Å². The van der Waals surface area contributed by atoms with Gasteiger partial charge in [0.1, 0.15) is 5.75 Å². The summed E-state index contributed by atoms with van der Waals surface area (Å²) >= 11 is 0. The minimum atomic E-state index is -0.000136. The summed E-state index contributed by atoms with van der Waals surface area (Å²) in [6, 6.07) is 13.6. The molecule has 2 N–H and O–H groups in total. The minimum absolute atomic E-state index is 0.000136. The van der Waals surface area contributed by atoms with Crippen LogP contribution >= 0.6 is 0 Å².